The van der Waals surface area contributed by atoms with Gasteiger partial charge in [-0.05, 0) is 49.2 Å². The SMILES string of the molecule is CC(CC(=O)OCCOc1ccc(C(C)(C)c2ccc(OCCOC(=O)CC(C)N3CC3)cc2)cc1)N1CC1. The van der Waals surface area contributed by atoms with Crippen LogP contribution in [-0.2, 0) is 24.5 Å². The lowest BCUT2D eigenvalue weighted by Crippen LogP contribution is -2.22. The van der Waals surface area contributed by atoms with Gasteiger partial charge in [0.15, 0.2) is 0 Å². The van der Waals surface area contributed by atoms with Crippen LogP contribution in [0.4, 0.5) is 0 Å². The van der Waals surface area contributed by atoms with Crippen molar-refractivity contribution in [3.05, 3.63) is 59.7 Å². The average molecular weight is 539 g/mol. The van der Waals surface area contributed by atoms with E-state index in [2.05, 4.69) is 47.9 Å². The van der Waals surface area contributed by atoms with E-state index in [0.29, 0.717) is 26.1 Å². The molecule has 2 aromatic carbocycles. The number of nitrogens with zero attached hydrogens (tertiary/aromatic N) is 2. The molecule has 2 saturated heterocycles. The maximum Gasteiger partial charge on any atom is 0.307 e. The molecule has 0 amide bonds. The summed E-state index contributed by atoms with van der Waals surface area (Å²) in [4.78, 5) is 28.3. The van der Waals surface area contributed by atoms with Crippen LogP contribution in [0, 0.1) is 0 Å². The van der Waals surface area contributed by atoms with E-state index in [-0.39, 0.29) is 42.7 Å². The minimum Gasteiger partial charge on any atom is -0.490 e. The van der Waals surface area contributed by atoms with E-state index in [1.54, 1.807) is 0 Å². The molecule has 0 spiro atoms. The zero-order valence-electron chi connectivity index (χ0n) is 23.7. The molecule has 2 heterocycles. The number of esters is 2. The van der Waals surface area contributed by atoms with Crippen molar-refractivity contribution in [3.8, 4) is 11.5 Å². The summed E-state index contributed by atoms with van der Waals surface area (Å²) < 4.78 is 22.1. The van der Waals surface area contributed by atoms with Gasteiger partial charge in [0, 0.05) is 43.7 Å². The van der Waals surface area contributed by atoms with E-state index in [9.17, 15) is 9.59 Å². The lowest BCUT2D eigenvalue weighted by atomic mass is 9.78. The Balaban J connectivity index is 1.16. The molecule has 2 unspecified atom stereocenters. The fraction of sp³-hybridized carbons (Fsp3) is 0.548. The van der Waals surface area contributed by atoms with Crippen LogP contribution < -0.4 is 9.47 Å². The quantitative estimate of drug-likeness (QED) is 0.180. The Kier molecular flexibility index (Phi) is 9.86. The van der Waals surface area contributed by atoms with Crippen LogP contribution in [0.1, 0.15) is 51.7 Å². The lowest BCUT2D eigenvalue weighted by Gasteiger charge is -2.26. The molecule has 8 nitrogen and oxygen atoms in total. The molecule has 0 N–H and O–H groups in total. The van der Waals surface area contributed by atoms with Crippen molar-refractivity contribution in [1.29, 1.82) is 0 Å². The van der Waals surface area contributed by atoms with Crippen molar-refractivity contribution >= 4 is 11.9 Å². The van der Waals surface area contributed by atoms with Gasteiger partial charge in [-0.15, -0.1) is 0 Å². The van der Waals surface area contributed by atoms with Crippen LogP contribution >= 0.6 is 0 Å². The molecule has 2 fully saturated rings. The van der Waals surface area contributed by atoms with Crippen LogP contribution in [0.3, 0.4) is 0 Å². The third-order valence-electron chi connectivity index (χ3n) is 7.52. The predicted molar refractivity (Wildman–Crippen MR) is 149 cm³/mol. The smallest absolute Gasteiger partial charge is 0.307 e. The molecule has 212 valence electrons. The van der Waals surface area contributed by atoms with Crippen LogP contribution in [0.15, 0.2) is 48.5 Å². The highest BCUT2D eigenvalue weighted by Crippen LogP contribution is 2.33. The molecule has 0 aliphatic carbocycles. The summed E-state index contributed by atoms with van der Waals surface area (Å²) in [7, 11) is 0. The number of hydrogen-bond donors (Lipinski definition) is 0. The van der Waals surface area contributed by atoms with Gasteiger partial charge in [0.1, 0.15) is 37.9 Å². The van der Waals surface area contributed by atoms with E-state index in [0.717, 1.165) is 48.8 Å². The second-order valence-corrected chi connectivity index (χ2v) is 11.0. The largest absolute Gasteiger partial charge is 0.490 e. The summed E-state index contributed by atoms with van der Waals surface area (Å²) in [6, 6.07) is 16.5. The van der Waals surface area contributed by atoms with Gasteiger partial charge in [-0.3, -0.25) is 19.4 Å². The Labute approximate surface area is 232 Å². The second-order valence-electron chi connectivity index (χ2n) is 11.0. The molecule has 2 atom stereocenters. The topological polar surface area (TPSA) is 77.1 Å². The Morgan fingerprint density at radius 2 is 1.03 bits per heavy atom. The van der Waals surface area contributed by atoms with Crippen molar-refractivity contribution in [2.75, 3.05) is 52.6 Å². The standard InChI is InChI=1S/C31H42N2O6/c1-23(32-13-14-32)21-29(34)38-19-17-36-27-9-5-25(6-10-27)31(3,4)26-7-11-28(12-8-26)37-18-20-39-30(35)22-24(2)33-15-16-33/h5-12,23-24H,13-22H2,1-4H3. The zero-order valence-corrected chi connectivity index (χ0v) is 23.7. The zero-order chi connectivity index (χ0) is 27.8. The third-order valence-corrected chi connectivity index (χ3v) is 7.52. The van der Waals surface area contributed by atoms with E-state index in [1.807, 2.05) is 38.1 Å². The summed E-state index contributed by atoms with van der Waals surface area (Å²) in [6.45, 7) is 13.9. The molecule has 2 aromatic rings. The summed E-state index contributed by atoms with van der Waals surface area (Å²) in [5.41, 5.74) is 2.09. The molecular formula is C31H42N2O6. The normalized spacial score (nSPS) is 16.7. The molecular weight excluding hydrogens is 496 g/mol. The Morgan fingerprint density at radius 3 is 1.36 bits per heavy atom. The van der Waals surface area contributed by atoms with Gasteiger partial charge in [0.2, 0.25) is 0 Å². The first-order valence-corrected chi connectivity index (χ1v) is 14.0. The number of carbonyl (C=O) groups is 2. The van der Waals surface area contributed by atoms with Crippen molar-refractivity contribution in [1.82, 2.24) is 9.80 Å². The second kappa shape index (κ2) is 13.3. The van der Waals surface area contributed by atoms with Crippen LogP contribution in [0.2, 0.25) is 0 Å². The first-order chi connectivity index (χ1) is 18.7. The first kappa shape index (κ1) is 28.9. The molecule has 2 aliphatic rings. The van der Waals surface area contributed by atoms with E-state index in [4.69, 9.17) is 18.9 Å². The van der Waals surface area contributed by atoms with E-state index < -0.39 is 0 Å². The molecule has 0 bridgehead atoms. The number of benzene rings is 2. The van der Waals surface area contributed by atoms with E-state index in [1.165, 1.54) is 0 Å². The summed E-state index contributed by atoms with van der Waals surface area (Å²) >= 11 is 0. The predicted octanol–water partition coefficient (Wildman–Crippen LogP) is 4.04. The number of rotatable bonds is 16. The third kappa shape index (κ3) is 8.97. The van der Waals surface area contributed by atoms with Crippen LogP contribution in [0.5, 0.6) is 11.5 Å². The highest BCUT2D eigenvalue weighted by Gasteiger charge is 2.27. The molecule has 0 radical (unpaired) electrons. The monoisotopic (exact) mass is 538 g/mol. The molecule has 39 heavy (non-hydrogen) atoms. The first-order valence-electron chi connectivity index (χ1n) is 14.0. The minimum absolute atomic E-state index is 0.178. The van der Waals surface area contributed by atoms with Crippen molar-refractivity contribution in [2.24, 2.45) is 0 Å². The number of carbonyl (C=O) groups excluding carboxylic acids is 2. The average Bonchev–Trinajstić information content (AvgIpc) is 3.83. The van der Waals surface area contributed by atoms with Gasteiger partial charge in [-0.1, -0.05) is 38.1 Å². The van der Waals surface area contributed by atoms with Gasteiger partial charge in [0.25, 0.3) is 0 Å². The highest BCUT2D eigenvalue weighted by molar-refractivity contribution is 5.70. The maximum atomic E-state index is 11.9. The van der Waals surface area contributed by atoms with Gasteiger partial charge in [-0.25, -0.2) is 0 Å². The van der Waals surface area contributed by atoms with Gasteiger partial charge in [-0.2, -0.15) is 0 Å². The Bertz CT molecular complexity index is 992. The van der Waals surface area contributed by atoms with Crippen molar-refractivity contribution in [2.45, 2.75) is 58.0 Å². The fourth-order valence-corrected chi connectivity index (χ4v) is 4.59. The molecule has 2 aliphatic heterocycles. The molecule has 0 aromatic heterocycles. The minimum atomic E-state index is -0.218. The van der Waals surface area contributed by atoms with E-state index >= 15 is 0 Å². The summed E-state index contributed by atoms with van der Waals surface area (Å²) in [5.74, 6) is 1.13. The van der Waals surface area contributed by atoms with Crippen LogP contribution in [0.25, 0.3) is 0 Å². The summed E-state index contributed by atoms with van der Waals surface area (Å²) in [6.07, 6.45) is 0.843. The number of ether oxygens (including phenoxy) is 4. The van der Waals surface area contributed by atoms with Gasteiger partial charge >= 0.3 is 11.9 Å². The van der Waals surface area contributed by atoms with Crippen molar-refractivity contribution in [3.63, 3.8) is 0 Å². The molecule has 4 rings (SSSR count). The molecule has 0 saturated carbocycles. The summed E-state index contributed by atoms with van der Waals surface area (Å²) in [5, 5.41) is 0. The molecule has 8 heteroatoms. The van der Waals surface area contributed by atoms with Gasteiger partial charge in [0.05, 0.1) is 12.8 Å². The lowest BCUT2D eigenvalue weighted by molar-refractivity contribution is -0.146. The fourth-order valence-electron chi connectivity index (χ4n) is 4.59. The highest BCUT2D eigenvalue weighted by atomic mass is 16.6. The maximum absolute atomic E-state index is 11.9. The Morgan fingerprint density at radius 1 is 0.667 bits per heavy atom. The van der Waals surface area contributed by atoms with Gasteiger partial charge < -0.3 is 18.9 Å². The number of hydrogen-bond acceptors (Lipinski definition) is 8. The van der Waals surface area contributed by atoms with Crippen molar-refractivity contribution < 1.29 is 28.5 Å². The Hall–Kier alpha value is -3.10. The van der Waals surface area contributed by atoms with Crippen LogP contribution in [-0.4, -0.2) is 86.4 Å².